The van der Waals surface area contributed by atoms with E-state index in [4.69, 9.17) is 9.47 Å². The highest BCUT2D eigenvalue weighted by molar-refractivity contribution is 5.79. The number of rotatable bonds is 7. The second kappa shape index (κ2) is 7.70. The van der Waals surface area contributed by atoms with Gasteiger partial charge in [-0.3, -0.25) is 4.79 Å². The summed E-state index contributed by atoms with van der Waals surface area (Å²) in [5.41, 5.74) is 2.66. The van der Waals surface area contributed by atoms with E-state index in [1.54, 1.807) is 20.3 Å². The molecule has 1 aromatic carbocycles. The fraction of sp³-hybridized carbons (Fsp3) is 0.263. The number of fused-ring (bicyclic) bond motifs is 1. The molecule has 6 nitrogen and oxygen atoms in total. The van der Waals surface area contributed by atoms with E-state index >= 15 is 0 Å². The van der Waals surface area contributed by atoms with Gasteiger partial charge in [-0.25, -0.2) is 4.98 Å². The second-order valence-corrected chi connectivity index (χ2v) is 5.65. The Hall–Kier alpha value is -3.02. The second-order valence-electron chi connectivity index (χ2n) is 5.65. The number of ether oxygens (including phenoxy) is 2. The van der Waals surface area contributed by atoms with Crippen LogP contribution in [0.2, 0.25) is 0 Å². The van der Waals surface area contributed by atoms with Gasteiger partial charge in [0.2, 0.25) is 5.91 Å². The van der Waals surface area contributed by atoms with Crippen molar-refractivity contribution in [1.82, 2.24) is 14.7 Å². The van der Waals surface area contributed by atoms with Crippen LogP contribution in [0.5, 0.6) is 11.5 Å². The summed E-state index contributed by atoms with van der Waals surface area (Å²) in [5.74, 6) is 1.32. The maximum Gasteiger partial charge on any atom is 0.224 e. The van der Waals surface area contributed by atoms with Crippen LogP contribution in [0, 0.1) is 0 Å². The lowest BCUT2D eigenvalue weighted by atomic mass is 10.1. The molecule has 0 aliphatic carbocycles. The van der Waals surface area contributed by atoms with Crippen molar-refractivity contribution in [1.29, 1.82) is 0 Å². The first kappa shape index (κ1) is 16.8. The molecule has 130 valence electrons. The van der Waals surface area contributed by atoms with Gasteiger partial charge in [-0.05, 0) is 30.3 Å². The van der Waals surface area contributed by atoms with Gasteiger partial charge < -0.3 is 19.2 Å². The molecule has 1 amide bonds. The first-order chi connectivity index (χ1) is 12.2. The zero-order valence-electron chi connectivity index (χ0n) is 14.4. The Morgan fingerprint density at radius 1 is 1.20 bits per heavy atom. The molecule has 0 fully saturated rings. The summed E-state index contributed by atoms with van der Waals surface area (Å²) in [4.78, 5) is 16.7. The lowest BCUT2D eigenvalue weighted by Gasteiger charge is -2.10. The Bertz CT molecular complexity index is 840. The molecule has 0 saturated heterocycles. The molecule has 0 aliphatic rings. The van der Waals surface area contributed by atoms with Crippen LogP contribution in [-0.4, -0.2) is 36.1 Å². The molecule has 0 spiro atoms. The Kier molecular flexibility index (Phi) is 5.18. The van der Waals surface area contributed by atoms with Crippen molar-refractivity contribution >= 4 is 11.6 Å². The Morgan fingerprint density at radius 2 is 2.08 bits per heavy atom. The molecule has 1 N–H and O–H groups in total. The number of nitrogens with one attached hydrogen (secondary N) is 1. The molecule has 2 aromatic heterocycles. The monoisotopic (exact) mass is 339 g/mol. The van der Waals surface area contributed by atoms with Crippen molar-refractivity contribution in [2.24, 2.45) is 0 Å². The van der Waals surface area contributed by atoms with Crippen LogP contribution in [0.1, 0.15) is 11.3 Å². The first-order valence-electron chi connectivity index (χ1n) is 8.10. The summed E-state index contributed by atoms with van der Waals surface area (Å²) < 4.78 is 12.5. The summed E-state index contributed by atoms with van der Waals surface area (Å²) in [6.45, 7) is 0.537. The van der Waals surface area contributed by atoms with Crippen LogP contribution in [0.4, 0.5) is 0 Å². The van der Waals surface area contributed by atoms with Gasteiger partial charge in [0.1, 0.15) is 17.1 Å². The van der Waals surface area contributed by atoms with E-state index in [-0.39, 0.29) is 12.3 Å². The minimum absolute atomic E-state index is 0.0599. The third-order valence-electron chi connectivity index (χ3n) is 3.96. The van der Waals surface area contributed by atoms with E-state index in [0.29, 0.717) is 24.5 Å². The third kappa shape index (κ3) is 4.09. The number of hydrogen-bond acceptors (Lipinski definition) is 4. The summed E-state index contributed by atoms with van der Waals surface area (Å²) in [7, 11) is 3.19. The van der Waals surface area contributed by atoms with Crippen LogP contribution in [-0.2, 0) is 17.6 Å². The number of benzene rings is 1. The fourth-order valence-electron chi connectivity index (χ4n) is 2.69. The molecule has 3 rings (SSSR count). The zero-order chi connectivity index (χ0) is 17.6. The van der Waals surface area contributed by atoms with Crippen molar-refractivity contribution in [3.05, 3.63) is 60.0 Å². The molecular weight excluding hydrogens is 318 g/mol. The van der Waals surface area contributed by atoms with E-state index in [1.165, 1.54) is 0 Å². The van der Waals surface area contributed by atoms with Gasteiger partial charge in [-0.2, -0.15) is 0 Å². The number of hydrogen-bond donors (Lipinski definition) is 1. The smallest absolute Gasteiger partial charge is 0.224 e. The molecule has 0 atom stereocenters. The van der Waals surface area contributed by atoms with Crippen LogP contribution >= 0.6 is 0 Å². The highest BCUT2D eigenvalue weighted by Crippen LogP contribution is 2.24. The minimum atomic E-state index is -0.0599. The molecule has 0 saturated carbocycles. The van der Waals surface area contributed by atoms with Gasteiger partial charge in [0.05, 0.1) is 26.3 Å². The number of aromatic nitrogens is 2. The van der Waals surface area contributed by atoms with E-state index in [2.05, 4.69) is 10.3 Å². The average molecular weight is 339 g/mol. The number of nitrogens with zero attached hydrogens (tertiary/aromatic N) is 2. The topological polar surface area (TPSA) is 64.9 Å². The van der Waals surface area contributed by atoms with Gasteiger partial charge in [0.15, 0.2) is 0 Å². The molecule has 3 aromatic rings. The predicted molar refractivity (Wildman–Crippen MR) is 95.2 cm³/mol. The van der Waals surface area contributed by atoms with E-state index in [0.717, 1.165) is 16.9 Å². The molecule has 0 radical (unpaired) electrons. The zero-order valence-corrected chi connectivity index (χ0v) is 14.4. The van der Waals surface area contributed by atoms with Crippen molar-refractivity contribution in [3.63, 3.8) is 0 Å². The van der Waals surface area contributed by atoms with Gasteiger partial charge in [-0.15, -0.1) is 0 Å². The number of carbonyl (C=O) groups excluding carboxylic acids is 1. The molecule has 0 unspecified atom stereocenters. The van der Waals surface area contributed by atoms with Gasteiger partial charge in [0, 0.05) is 30.9 Å². The molecular formula is C19H21N3O3. The molecule has 0 aliphatic heterocycles. The maximum atomic E-state index is 12.2. The van der Waals surface area contributed by atoms with E-state index in [1.807, 2.05) is 47.1 Å². The lowest BCUT2D eigenvalue weighted by molar-refractivity contribution is -0.120. The molecule has 25 heavy (non-hydrogen) atoms. The van der Waals surface area contributed by atoms with Crippen LogP contribution in [0.3, 0.4) is 0 Å². The van der Waals surface area contributed by atoms with Crippen LogP contribution in [0.15, 0.2) is 48.8 Å². The van der Waals surface area contributed by atoms with Crippen molar-refractivity contribution < 1.29 is 14.3 Å². The van der Waals surface area contributed by atoms with Crippen molar-refractivity contribution in [2.75, 3.05) is 20.8 Å². The normalized spacial score (nSPS) is 10.6. The number of amides is 1. The summed E-state index contributed by atoms with van der Waals surface area (Å²) in [6, 6.07) is 11.3. The highest BCUT2D eigenvalue weighted by atomic mass is 16.5. The fourth-order valence-corrected chi connectivity index (χ4v) is 2.69. The summed E-state index contributed by atoms with van der Waals surface area (Å²) in [5, 5.41) is 2.93. The maximum absolute atomic E-state index is 12.2. The lowest BCUT2D eigenvalue weighted by Crippen LogP contribution is -2.27. The first-order valence-corrected chi connectivity index (χ1v) is 8.10. The number of methoxy groups -OCH3 is 2. The largest absolute Gasteiger partial charge is 0.497 e. The molecule has 6 heteroatoms. The number of imidazole rings is 1. The average Bonchev–Trinajstić information content (AvgIpc) is 3.04. The quantitative estimate of drug-likeness (QED) is 0.717. The number of carbonyl (C=O) groups is 1. The van der Waals surface area contributed by atoms with Crippen LogP contribution < -0.4 is 14.8 Å². The van der Waals surface area contributed by atoms with Crippen molar-refractivity contribution in [2.45, 2.75) is 12.8 Å². The summed E-state index contributed by atoms with van der Waals surface area (Å²) in [6.07, 6.45) is 4.86. The third-order valence-corrected chi connectivity index (χ3v) is 3.96. The van der Waals surface area contributed by atoms with Gasteiger partial charge >= 0.3 is 0 Å². The van der Waals surface area contributed by atoms with Gasteiger partial charge in [-0.1, -0.05) is 6.07 Å². The van der Waals surface area contributed by atoms with Crippen molar-refractivity contribution in [3.8, 4) is 11.5 Å². The predicted octanol–water partition coefficient (Wildman–Crippen LogP) is 2.25. The van der Waals surface area contributed by atoms with E-state index < -0.39 is 0 Å². The van der Waals surface area contributed by atoms with E-state index in [9.17, 15) is 4.79 Å². The molecule has 0 bridgehead atoms. The van der Waals surface area contributed by atoms with Gasteiger partial charge in [0.25, 0.3) is 0 Å². The standard InChI is InChI=1S/C19H21N3O3/c1-24-16-6-7-17(25-2)14(11-16)12-19(23)20-9-8-15-13-22-10-4-3-5-18(22)21-15/h3-7,10-11,13H,8-9,12H2,1-2H3,(H,20,23). The SMILES string of the molecule is COc1ccc(OC)c(CC(=O)NCCc2cn3ccccc3n2)c1. The molecule has 2 heterocycles. The Labute approximate surface area is 146 Å². The Morgan fingerprint density at radius 3 is 2.84 bits per heavy atom. The van der Waals surface area contributed by atoms with Crippen LogP contribution in [0.25, 0.3) is 5.65 Å². The summed E-state index contributed by atoms with van der Waals surface area (Å²) >= 11 is 0. The highest BCUT2D eigenvalue weighted by Gasteiger charge is 2.10. The minimum Gasteiger partial charge on any atom is -0.497 e. The Balaban J connectivity index is 1.56. The number of pyridine rings is 1.